The van der Waals surface area contributed by atoms with Gasteiger partial charge >= 0.3 is 0 Å². The van der Waals surface area contributed by atoms with Gasteiger partial charge < -0.3 is 5.32 Å². The topological polar surface area (TPSA) is 46.2 Å². The van der Waals surface area contributed by atoms with Gasteiger partial charge in [-0.15, -0.1) is 0 Å². The number of likely N-dealkylation sites (N-methyl/N-ethyl adjacent to an activating group) is 1. The lowest BCUT2D eigenvalue weighted by atomic mass is 10.1. The van der Waals surface area contributed by atoms with E-state index in [-0.39, 0.29) is 0 Å². The lowest BCUT2D eigenvalue weighted by Crippen LogP contribution is -2.03. The van der Waals surface area contributed by atoms with E-state index in [9.17, 15) is 9.59 Å². The van der Waals surface area contributed by atoms with Gasteiger partial charge in [0, 0.05) is 17.7 Å². The van der Waals surface area contributed by atoms with E-state index >= 15 is 0 Å². The predicted molar refractivity (Wildman–Crippen MR) is 60.2 cm³/mol. The van der Waals surface area contributed by atoms with Crippen LogP contribution in [-0.2, 0) is 0 Å². The van der Waals surface area contributed by atoms with Gasteiger partial charge in [-0.2, -0.15) is 0 Å². The molecule has 0 saturated heterocycles. The van der Waals surface area contributed by atoms with E-state index in [0.29, 0.717) is 11.1 Å². The van der Waals surface area contributed by atoms with Crippen LogP contribution < -0.4 is 5.32 Å². The Balaban J connectivity index is 2.96. The first-order valence-corrected chi connectivity index (χ1v) is 4.66. The lowest BCUT2D eigenvalue weighted by Gasteiger charge is -1.98. The Morgan fingerprint density at radius 2 is 1.60 bits per heavy atom. The molecule has 0 amide bonds. The number of carbonyl (C=O) groups excluding carboxylic acids is 2. The molecular formula is C12H13NO2. The zero-order valence-electron chi connectivity index (χ0n) is 8.57. The third kappa shape index (κ3) is 3.48. The summed E-state index contributed by atoms with van der Waals surface area (Å²) < 4.78 is 0. The molecule has 0 aliphatic carbocycles. The van der Waals surface area contributed by atoms with Crippen molar-refractivity contribution in [2.75, 3.05) is 13.6 Å². The number of aldehydes is 2. The molecule has 1 N–H and O–H groups in total. The van der Waals surface area contributed by atoms with Crippen molar-refractivity contribution < 1.29 is 9.59 Å². The van der Waals surface area contributed by atoms with Gasteiger partial charge in [-0.3, -0.25) is 9.59 Å². The predicted octanol–water partition coefficient (Wildman–Crippen LogP) is 1.54. The maximum absolute atomic E-state index is 10.6. The lowest BCUT2D eigenvalue weighted by molar-refractivity contribution is 0.112. The Hall–Kier alpha value is -1.74. The van der Waals surface area contributed by atoms with Gasteiger partial charge in [0.25, 0.3) is 0 Å². The largest absolute Gasteiger partial charge is 0.316 e. The summed E-state index contributed by atoms with van der Waals surface area (Å²) in [5.74, 6) is 0. The van der Waals surface area contributed by atoms with Crippen molar-refractivity contribution in [2.24, 2.45) is 0 Å². The van der Waals surface area contributed by atoms with Crippen molar-refractivity contribution in [3.63, 3.8) is 0 Å². The summed E-state index contributed by atoms with van der Waals surface area (Å²) in [6.45, 7) is 0.752. The Morgan fingerprint density at radius 1 is 1.07 bits per heavy atom. The zero-order chi connectivity index (χ0) is 11.1. The highest BCUT2D eigenvalue weighted by Gasteiger charge is 1.97. The molecule has 0 spiro atoms. The molecule has 0 aliphatic rings. The van der Waals surface area contributed by atoms with E-state index in [2.05, 4.69) is 5.32 Å². The van der Waals surface area contributed by atoms with Gasteiger partial charge in [0.15, 0.2) is 0 Å². The normalized spacial score (nSPS) is 10.5. The van der Waals surface area contributed by atoms with Crippen molar-refractivity contribution in [3.05, 3.63) is 41.0 Å². The summed E-state index contributed by atoms with van der Waals surface area (Å²) in [6, 6.07) is 5.05. The molecule has 0 bridgehead atoms. The van der Waals surface area contributed by atoms with Crippen LogP contribution in [0.4, 0.5) is 0 Å². The molecule has 3 heteroatoms. The quantitative estimate of drug-likeness (QED) is 0.738. The molecule has 3 nitrogen and oxygen atoms in total. The highest BCUT2D eigenvalue weighted by atomic mass is 16.1. The summed E-state index contributed by atoms with van der Waals surface area (Å²) in [7, 11) is 1.85. The van der Waals surface area contributed by atoms with Crippen LogP contribution in [-0.4, -0.2) is 26.2 Å². The van der Waals surface area contributed by atoms with E-state index in [4.69, 9.17) is 0 Å². The molecule has 1 aromatic rings. The van der Waals surface area contributed by atoms with Crippen LogP contribution in [0.15, 0.2) is 24.3 Å². The molecule has 0 heterocycles. The molecule has 0 fully saturated rings. The van der Waals surface area contributed by atoms with Gasteiger partial charge in [0.2, 0.25) is 0 Å². The Labute approximate surface area is 88.8 Å². The van der Waals surface area contributed by atoms with Crippen LogP contribution in [0.25, 0.3) is 6.08 Å². The Bertz CT molecular complexity index is 357. The number of nitrogens with one attached hydrogen (secondary N) is 1. The van der Waals surface area contributed by atoms with Gasteiger partial charge in [-0.1, -0.05) is 12.2 Å². The number of hydrogen-bond acceptors (Lipinski definition) is 3. The molecular weight excluding hydrogens is 190 g/mol. The molecule has 0 unspecified atom stereocenters. The van der Waals surface area contributed by atoms with Crippen molar-refractivity contribution in [3.8, 4) is 0 Å². The fraction of sp³-hybridized carbons (Fsp3) is 0.167. The summed E-state index contributed by atoms with van der Waals surface area (Å²) in [5.41, 5.74) is 1.89. The van der Waals surface area contributed by atoms with Crippen LogP contribution in [0.2, 0.25) is 0 Å². The Morgan fingerprint density at radius 3 is 2.07 bits per heavy atom. The first-order chi connectivity index (χ1) is 7.30. The van der Waals surface area contributed by atoms with Gasteiger partial charge in [0.05, 0.1) is 0 Å². The van der Waals surface area contributed by atoms with Crippen LogP contribution in [0.5, 0.6) is 0 Å². The second-order valence-electron chi connectivity index (χ2n) is 3.13. The fourth-order valence-electron chi connectivity index (χ4n) is 1.25. The molecule has 1 aromatic carbocycles. The summed E-state index contributed by atoms with van der Waals surface area (Å²) in [6.07, 6.45) is 5.28. The summed E-state index contributed by atoms with van der Waals surface area (Å²) >= 11 is 0. The van der Waals surface area contributed by atoms with Crippen molar-refractivity contribution in [1.82, 2.24) is 5.32 Å². The van der Waals surface area contributed by atoms with Gasteiger partial charge in [-0.25, -0.2) is 0 Å². The van der Waals surface area contributed by atoms with Gasteiger partial charge in [0.1, 0.15) is 12.6 Å². The molecule has 0 saturated carbocycles. The Kier molecular flexibility index (Phi) is 4.44. The average molecular weight is 203 g/mol. The highest BCUT2D eigenvalue weighted by molar-refractivity contribution is 5.83. The standard InChI is InChI=1S/C12H13NO2/c1-13-4-2-3-10-5-11(8-14)7-12(6-10)9-15/h2-3,5-9,13H,4H2,1H3. The van der Waals surface area contributed by atoms with Crippen LogP contribution >= 0.6 is 0 Å². The molecule has 0 atom stereocenters. The molecule has 78 valence electrons. The second kappa shape index (κ2) is 5.88. The molecule has 0 aromatic heterocycles. The molecule has 0 radical (unpaired) electrons. The van der Waals surface area contributed by atoms with Crippen LogP contribution in [0.3, 0.4) is 0 Å². The minimum Gasteiger partial charge on any atom is -0.316 e. The van der Waals surface area contributed by atoms with E-state index in [1.54, 1.807) is 18.2 Å². The molecule has 1 rings (SSSR count). The zero-order valence-corrected chi connectivity index (χ0v) is 8.57. The van der Waals surface area contributed by atoms with E-state index < -0.39 is 0 Å². The minimum absolute atomic E-state index is 0.517. The van der Waals surface area contributed by atoms with Crippen LogP contribution in [0.1, 0.15) is 26.3 Å². The highest BCUT2D eigenvalue weighted by Crippen LogP contribution is 2.09. The average Bonchev–Trinajstić information content (AvgIpc) is 2.29. The number of rotatable bonds is 5. The van der Waals surface area contributed by atoms with E-state index in [1.807, 2.05) is 19.2 Å². The van der Waals surface area contributed by atoms with Crippen molar-refractivity contribution in [2.45, 2.75) is 0 Å². The summed E-state index contributed by atoms with van der Waals surface area (Å²) in [5, 5.41) is 2.97. The van der Waals surface area contributed by atoms with Gasteiger partial charge in [-0.05, 0) is 30.8 Å². The third-order valence-corrected chi connectivity index (χ3v) is 1.90. The number of benzene rings is 1. The maximum atomic E-state index is 10.6. The molecule has 0 aliphatic heterocycles. The smallest absolute Gasteiger partial charge is 0.150 e. The maximum Gasteiger partial charge on any atom is 0.150 e. The second-order valence-corrected chi connectivity index (χ2v) is 3.13. The van der Waals surface area contributed by atoms with Crippen molar-refractivity contribution >= 4 is 18.6 Å². The monoisotopic (exact) mass is 203 g/mol. The van der Waals surface area contributed by atoms with E-state index in [1.165, 1.54) is 0 Å². The minimum atomic E-state index is 0.517. The van der Waals surface area contributed by atoms with E-state index in [0.717, 1.165) is 24.7 Å². The summed E-state index contributed by atoms with van der Waals surface area (Å²) in [4.78, 5) is 21.2. The number of hydrogen-bond donors (Lipinski definition) is 1. The first-order valence-electron chi connectivity index (χ1n) is 4.66. The van der Waals surface area contributed by atoms with Crippen LogP contribution in [0, 0.1) is 0 Å². The first kappa shape index (κ1) is 11.3. The third-order valence-electron chi connectivity index (χ3n) is 1.90. The van der Waals surface area contributed by atoms with Crippen molar-refractivity contribution in [1.29, 1.82) is 0 Å². The fourth-order valence-corrected chi connectivity index (χ4v) is 1.25. The molecule has 15 heavy (non-hydrogen) atoms. The SMILES string of the molecule is CNCC=Cc1cc(C=O)cc(C=O)c1. The number of carbonyl (C=O) groups is 2.